The van der Waals surface area contributed by atoms with Crippen LogP contribution in [0.15, 0.2) is 48.6 Å². The Balaban J connectivity index is 2.63. The van der Waals surface area contributed by atoms with Crippen LogP contribution >= 0.6 is 0 Å². The first kappa shape index (κ1) is 77.7. The van der Waals surface area contributed by atoms with Gasteiger partial charge in [0.1, 0.15) is 18.8 Å². The summed E-state index contributed by atoms with van der Waals surface area (Å²) in [6.45, 7) is 5.94. The molecule has 1 saturated heterocycles. The number of rotatable bonds is 60. The van der Waals surface area contributed by atoms with Gasteiger partial charge in [0.25, 0.3) is 0 Å². The number of allylic oxidation sites excluding steroid dienone is 8. The molecular weight excluding hydrogens is 1040 g/mol. The monoisotopic (exact) mass is 1170 g/mol. The number of carbonyl (C=O) groups excluding carboxylic acids is 3. The number of esters is 3. The van der Waals surface area contributed by atoms with Crippen LogP contribution in [0.25, 0.3) is 0 Å². The van der Waals surface area contributed by atoms with E-state index in [1.165, 1.54) is 167 Å². The van der Waals surface area contributed by atoms with Crippen LogP contribution in [0.5, 0.6) is 0 Å². The fraction of sp³-hybridized carbons (Fsp3) is 0.831. The number of carboxylic acids is 1. The second-order valence-corrected chi connectivity index (χ2v) is 23.8. The molecule has 0 aromatic carbocycles. The molecule has 1 rings (SSSR count). The normalized spacial score (nSPS) is 17.8. The van der Waals surface area contributed by atoms with E-state index in [9.17, 15) is 34.5 Å². The van der Waals surface area contributed by atoms with Crippen LogP contribution in [-0.4, -0.2) is 89.2 Å². The Hall–Kier alpha value is -3.32. The van der Waals surface area contributed by atoms with E-state index >= 15 is 0 Å². The van der Waals surface area contributed by atoms with Crippen molar-refractivity contribution in [2.24, 2.45) is 0 Å². The summed E-state index contributed by atoms with van der Waals surface area (Å²) in [5.41, 5.74) is 0. The van der Waals surface area contributed by atoms with Crippen LogP contribution in [0.3, 0.4) is 0 Å². The third-order valence-electron chi connectivity index (χ3n) is 15.9. The van der Waals surface area contributed by atoms with Crippen molar-refractivity contribution in [3.05, 3.63) is 48.6 Å². The molecule has 0 aromatic heterocycles. The van der Waals surface area contributed by atoms with Gasteiger partial charge in [0.2, 0.25) is 0 Å². The van der Waals surface area contributed by atoms with Gasteiger partial charge in [0, 0.05) is 19.3 Å². The largest absolute Gasteiger partial charge is 0.479 e. The lowest BCUT2D eigenvalue weighted by atomic mass is 9.98. The Bertz CT molecular complexity index is 1630. The van der Waals surface area contributed by atoms with E-state index in [1.807, 2.05) is 0 Å². The molecule has 12 nitrogen and oxygen atoms in total. The van der Waals surface area contributed by atoms with Gasteiger partial charge in [0.15, 0.2) is 24.6 Å². The Morgan fingerprint density at radius 1 is 0.410 bits per heavy atom. The number of carbonyl (C=O) groups is 4. The van der Waals surface area contributed by atoms with Gasteiger partial charge in [-0.3, -0.25) is 14.4 Å². The smallest absolute Gasteiger partial charge is 0.335 e. The van der Waals surface area contributed by atoms with Gasteiger partial charge in [-0.1, -0.05) is 281 Å². The number of aliphatic hydroxyl groups excluding tert-OH is 2. The van der Waals surface area contributed by atoms with Crippen LogP contribution in [0, 0.1) is 0 Å². The van der Waals surface area contributed by atoms with Gasteiger partial charge in [-0.2, -0.15) is 0 Å². The molecule has 3 N–H and O–H groups in total. The number of aliphatic carboxylic acids is 1. The zero-order valence-corrected chi connectivity index (χ0v) is 53.5. The zero-order chi connectivity index (χ0) is 60.3. The van der Waals surface area contributed by atoms with Gasteiger partial charge in [-0.15, -0.1) is 0 Å². The van der Waals surface area contributed by atoms with E-state index in [4.69, 9.17) is 23.7 Å². The Morgan fingerprint density at radius 3 is 1.17 bits per heavy atom. The summed E-state index contributed by atoms with van der Waals surface area (Å²) in [6, 6.07) is 0. The molecule has 482 valence electrons. The average molecular weight is 1170 g/mol. The molecule has 0 amide bonds. The maximum Gasteiger partial charge on any atom is 0.335 e. The number of carboxylic acid groups (broad SMARTS) is 1. The van der Waals surface area contributed by atoms with Gasteiger partial charge in [0.05, 0.1) is 6.61 Å². The van der Waals surface area contributed by atoms with Crippen LogP contribution in [0.2, 0.25) is 0 Å². The van der Waals surface area contributed by atoms with Crippen molar-refractivity contribution in [2.45, 2.75) is 366 Å². The highest BCUT2D eigenvalue weighted by atomic mass is 16.7. The maximum atomic E-state index is 13.2. The first-order chi connectivity index (χ1) is 40.6. The van der Waals surface area contributed by atoms with Crippen LogP contribution in [0.4, 0.5) is 0 Å². The molecule has 0 radical (unpaired) electrons. The summed E-state index contributed by atoms with van der Waals surface area (Å²) in [5.74, 6) is -3.10. The molecule has 0 aromatic rings. The predicted octanol–water partition coefficient (Wildman–Crippen LogP) is 18.9. The lowest BCUT2D eigenvalue weighted by Crippen LogP contribution is -2.61. The van der Waals surface area contributed by atoms with E-state index in [1.54, 1.807) is 0 Å². The Kier molecular flexibility index (Phi) is 55.3. The fourth-order valence-corrected chi connectivity index (χ4v) is 10.6. The topological polar surface area (TPSA) is 175 Å². The van der Waals surface area contributed by atoms with E-state index in [0.717, 1.165) is 103 Å². The summed E-state index contributed by atoms with van der Waals surface area (Å²) in [4.78, 5) is 51.4. The molecule has 83 heavy (non-hydrogen) atoms. The molecule has 0 spiro atoms. The molecule has 12 heteroatoms. The first-order valence-electron chi connectivity index (χ1n) is 34.6. The van der Waals surface area contributed by atoms with E-state index < -0.39 is 67.3 Å². The minimum atomic E-state index is -1.90. The van der Waals surface area contributed by atoms with Crippen molar-refractivity contribution in [1.29, 1.82) is 0 Å². The van der Waals surface area contributed by atoms with Crippen molar-refractivity contribution in [2.75, 3.05) is 13.2 Å². The zero-order valence-electron chi connectivity index (χ0n) is 53.5. The highest BCUT2D eigenvalue weighted by molar-refractivity contribution is 5.74. The number of aliphatic hydroxyl groups is 2. The molecule has 0 bridgehead atoms. The van der Waals surface area contributed by atoms with Crippen LogP contribution < -0.4 is 0 Å². The van der Waals surface area contributed by atoms with Crippen molar-refractivity contribution in [3.8, 4) is 0 Å². The summed E-state index contributed by atoms with van der Waals surface area (Å²) < 4.78 is 28.6. The molecule has 1 aliphatic rings. The number of hydrogen-bond acceptors (Lipinski definition) is 11. The highest BCUT2D eigenvalue weighted by Crippen LogP contribution is 2.27. The lowest BCUT2D eigenvalue weighted by Gasteiger charge is -2.40. The van der Waals surface area contributed by atoms with Gasteiger partial charge in [-0.05, 0) is 77.0 Å². The molecule has 6 unspecified atom stereocenters. The molecule has 0 saturated carbocycles. The summed E-state index contributed by atoms with van der Waals surface area (Å²) >= 11 is 0. The average Bonchev–Trinajstić information content (AvgIpc) is 3.58. The molecule has 1 heterocycles. The third kappa shape index (κ3) is 48.5. The SMILES string of the molecule is CC/C=C\C/C=C\C/C=C\CCCCCCCCCC(=O)OCC(COC1OC(C(=O)O)C(O)C(O)C1OC(=O)CCCCCCCCCCC/C=C\CCCCCCCC)OC(=O)CCCCCCCCCCCCCCCCCCC. The summed E-state index contributed by atoms with van der Waals surface area (Å²) in [6.07, 6.45) is 60.6. The molecule has 6 atom stereocenters. The summed E-state index contributed by atoms with van der Waals surface area (Å²) in [7, 11) is 0. The van der Waals surface area contributed by atoms with Gasteiger partial charge < -0.3 is 39.0 Å². The Labute approximate surface area is 507 Å². The van der Waals surface area contributed by atoms with Crippen LogP contribution in [-0.2, 0) is 42.9 Å². The van der Waals surface area contributed by atoms with E-state index in [0.29, 0.717) is 19.3 Å². The standard InChI is InChI=1S/C71H126O12/c1-4-7-10-13-16-19-22-25-28-31-32-35-38-41-44-47-50-53-56-59-65(74)82-69-67(76)66(75)68(70(77)78)83-71(69)80-61-62(81-64(73)58-55-52-49-46-43-40-37-34-30-27-24-21-18-15-12-9-6-3)60-79-63(72)57-54-51-48-45-42-39-36-33-29-26-23-20-17-14-11-8-5-2/h8,11,17,20,25-26,28-29,62,66-69,71,75-76H,4-7,9-10,12-16,18-19,21-24,27,30-61H2,1-3H3,(H,77,78)/b11-8-,20-17-,28-25-,29-26-. The van der Waals surface area contributed by atoms with Crippen molar-refractivity contribution < 1.29 is 58.2 Å². The number of ether oxygens (including phenoxy) is 5. The number of hydrogen-bond donors (Lipinski definition) is 3. The van der Waals surface area contributed by atoms with Crippen molar-refractivity contribution in [3.63, 3.8) is 0 Å². The minimum Gasteiger partial charge on any atom is -0.479 e. The van der Waals surface area contributed by atoms with Crippen molar-refractivity contribution >= 4 is 23.9 Å². The molecule has 1 fully saturated rings. The quantitative estimate of drug-likeness (QED) is 0.0228. The predicted molar refractivity (Wildman–Crippen MR) is 340 cm³/mol. The molecule has 1 aliphatic heterocycles. The fourth-order valence-electron chi connectivity index (χ4n) is 10.6. The maximum absolute atomic E-state index is 13.2. The molecule has 0 aliphatic carbocycles. The third-order valence-corrected chi connectivity index (χ3v) is 15.9. The molecular formula is C71H126O12. The van der Waals surface area contributed by atoms with Crippen molar-refractivity contribution in [1.82, 2.24) is 0 Å². The Morgan fingerprint density at radius 2 is 0.759 bits per heavy atom. The van der Waals surface area contributed by atoms with Gasteiger partial charge in [-0.25, -0.2) is 4.79 Å². The summed E-state index contributed by atoms with van der Waals surface area (Å²) in [5, 5.41) is 31.7. The lowest BCUT2D eigenvalue weighted by molar-refractivity contribution is -0.301. The first-order valence-corrected chi connectivity index (χ1v) is 34.6. The highest BCUT2D eigenvalue weighted by Gasteiger charge is 2.50. The second-order valence-electron chi connectivity index (χ2n) is 23.8. The van der Waals surface area contributed by atoms with Gasteiger partial charge >= 0.3 is 23.9 Å². The van der Waals surface area contributed by atoms with Crippen LogP contribution in [0.1, 0.15) is 329 Å². The minimum absolute atomic E-state index is 0.0601. The van der Waals surface area contributed by atoms with E-state index in [-0.39, 0.29) is 25.9 Å². The second kappa shape index (κ2) is 59.0. The number of unbranched alkanes of at least 4 members (excludes halogenated alkanes) is 38. The van der Waals surface area contributed by atoms with E-state index in [2.05, 4.69) is 69.4 Å².